The molecule has 0 fully saturated rings. The third-order valence-corrected chi connectivity index (χ3v) is 3.23. The van der Waals surface area contributed by atoms with Gasteiger partial charge >= 0.3 is 0 Å². The van der Waals surface area contributed by atoms with Crippen molar-refractivity contribution < 1.29 is 14.3 Å². The Bertz CT molecular complexity index is 514. The minimum Gasteiger partial charge on any atom is -0.492 e. The van der Waals surface area contributed by atoms with Gasteiger partial charge in [0.1, 0.15) is 11.6 Å². The van der Waals surface area contributed by atoms with E-state index < -0.39 is 0 Å². The van der Waals surface area contributed by atoms with E-state index in [4.69, 9.17) is 14.7 Å². The number of thiophene rings is 1. The van der Waals surface area contributed by atoms with Gasteiger partial charge in [-0.3, -0.25) is 4.79 Å². The zero-order valence-electron chi connectivity index (χ0n) is 11.1. The lowest BCUT2D eigenvalue weighted by Gasteiger charge is -2.03. The summed E-state index contributed by atoms with van der Waals surface area (Å²) in [4.78, 5) is 12.4. The molecule has 0 radical (unpaired) electrons. The fourth-order valence-corrected chi connectivity index (χ4v) is 2.31. The molecule has 0 spiro atoms. The zero-order valence-corrected chi connectivity index (χ0v) is 12.0. The van der Waals surface area contributed by atoms with E-state index in [0.717, 1.165) is 6.42 Å². The smallest absolute Gasteiger partial charge is 0.261 e. The van der Waals surface area contributed by atoms with E-state index in [-0.39, 0.29) is 11.5 Å². The van der Waals surface area contributed by atoms with Crippen molar-refractivity contribution in [3.05, 3.63) is 15.8 Å². The van der Waals surface area contributed by atoms with Crippen LogP contribution in [0.5, 0.6) is 11.5 Å². The summed E-state index contributed by atoms with van der Waals surface area (Å²) in [6.45, 7) is 2.49. The fourth-order valence-electron chi connectivity index (χ4n) is 1.40. The largest absolute Gasteiger partial charge is 0.492 e. The highest BCUT2D eigenvalue weighted by atomic mass is 32.1. The van der Waals surface area contributed by atoms with Crippen LogP contribution in [0.2, 0.25) is 0 Å². The third kappa shape index (κ3) is 3.73. The Kier molecular flexibility index (Phi) is 5.90. The van der Waals surface area contributed by atoms with Crippen LogP contribution in [-0.4, -0.2) is 26.7 Å². The monoisotopic (exact) mass is 280 g/mol. The molecule has 0 aliphatic carbocycles. The van der Waals surface area contributed by atoms with Gasteiger partial charge in [0.2, 0.25) is 0 Å². The molecule has 1 aromatic heterocycles. The Morgan fingerprint density at radius 2 is 2.26 bits per heavy atom. The van der Waals surface area contributed by atoms with Crippen molar-refractivity contribution in [3.63, 3.8) is 0 Å². The molecule has 0 aliphatic heterocycles. The molecule has 0 aliphatic rings. The number of ether oxygens (including phenoxy) is 2. The van der Waals surface area contributed by atoms with E-state index in [9.17, 15) is 4.79 Å². The molecule has 0 unspecified atom stereocenters. The van der Waals surface area contributed by atoms with E-state index in [1.165, 1.54) is 31.6 Å². The second-order valence-corrected chi connectivity index (χ2v) is 4.54. The molecule has 0 aromatic carbocycles. The van der Waals surface area contributed by atoms with E-state index in [0.29, 0.717) is 22.9 Å². The first-order valence-electron chi connectivity index (χ1n) is 5.77. The maximum Gasteiger partial charge on any atom is 0.261 e. The van der Waals surface area contributed by atoms with Gasteiger partial charge < -0.3 is 14.8 Å². The normalized spacial score (nSPS) is 10.7. The summed E-state index contributed by atoms with van der Waals surface area (Å²) in [5.41, 5.74) is 0.0521. The molecular formula is C13H16N2O3S. The van der Waals surface area contributed by atoms with Gasteiger partial charge in [0.05, 0.1) is 19.1 Å². The van der Waals surface area contributed by atoms with Crippen LogP contribution < -0.4 is 14.8 Å². The molecule has 102 valence electrons. The van der Waals surface area contributed by atoms with Crippen LogP contribution in [0.1, 0.15) is 18.2 Å². The van der Waals surface area contributed by atoms with Crippen molar-refractivity contribution in [1.29, 1.82) is 5.26 Å². The van der Waals surface area contributed by atoms with Crippen molar-refractivity contribution in [2.45, 2.75) is 13.3 Å². The lowest BCUT2D eigenvalue weighted by molar-refractivity contribution is -0.117. The molecule has 1 N–H and O–H groups in total. The summed E-state index contributed by atoms with van der Waals surface area (Å²) in [6.07, 6.45) is 2.33. The van der Waals surface area contributed by atoms with Crippen LogP contribution in [0.3, 0.4) is 0 Å². The number of carbonyl (C=O) groups is 1. The first kappa shape index (κ1) is 15.1. The predicted octanol–water partition coefficient (Wildman–Crippen LogP) is 2.20. The second-order valence-electron chi connectivity index (χ2n) is 3.63. The first-order valence-corrected chi connectivity index (χ1v) is 6.65. The highest BCUT2D eigenvalue weighted by molar-refractivity contribution is 7.11. The standard InChI is InChI=1S/C13H16N2O3S/c1-4-5-15-13(16)9(7-14)6-11-12(18-3)10(17-2)8-19-11/h6,8H,4-5H2,1-3H3,(H,15,16)/b9-6+. The summed E-state index contributed by atoms with van der Waals surface area (Å²) in [7, 11) is 3.06. The molecular weight excluding hydrogens is 264 g/mol. The minimum absolute atomic E-state index is 0.0521. The molecule has 0 saturated carbocycles. The van der Waals surface area contributed by atoms with Crippen molar-refractivity contribution in [1.82, 2.24) is 5.32 Å². The zero-order chi connectivity index (χ0) is 14.3. The van der Waals surface area contributed by atoms with Gasteiger partial charge in [-0.1, -0.05) is 6.92 Å². The molecule has 6 heteroatoms. The van der Waals surface area contributed by atoms with Crippen molar-refractivity contribution in [2.24, 2.45) is 0 Å². The van der Waals surface area contributed by atoms with Gasteiger partial charge in [-0.05, 0) is 12.5 Å². The summed E-state index contributed by atoms with van der Waals surface area (Å²) in [5.74, 6) is 0.743. The SMILES string of the molecule is CCCNC(=O)/C(C#N)=C/c1scc(OC)c1OC. The van der Waals surface area contributed by atoms with Crippen LogP contribution in [0, 0.1) is 11.3 Å². The van der Waals surface area contributed by atoms with Crippen molar-refractivity contribution >= 4 is 23.3 Å². The minimum atomic E-state index is -0.376. The van der Waals surface area contributed by atoms with Crippen LogP contribution in [0.4, 0.5) is 0 Å². The summed E-state index contributed by atoms with van der Waals surface area (Å²) in [5, 5.41) is 13.5. The Labute approximate surface area is 116 Å². The average Bonchev–Trinajstić information content (AvgIpc) is 2.83. The number of hydrogen-bond acceptors (Lipinski definition) is 5. The number of carbonyl (C=O) groups excluding carboxylic acids is 1. The Morgan fingerprint density at radius 3 is 2.79 bits per heavy atom. The summed E-state index contributed by atoms with van der Waals surface area (Å²) < 4.78 is 10.3. The highest BCUT2D eigenvalue weighted by Gasteiger charge is 2.14. The highest BCUT2D eigenvalue weighted by Crippen LogP contribution is 2.38. The summed E-state index contributed by atoms with van der Waals surface area (Å²) in [6, 6.07) is 1.90. The molecule has 0 saturated heterocycles. The number of nitriles is 1. The average molecular weight is 280 g/mol. The lowest BCUT2D eigenvalue weighted by Crippen LogP contribution is -2.25. The maximum atomic E-state index is 11.7. The number of nitrogens with zero attached hydrogens (tertiary/aromatic N) is 1. The van der Waals surface area contributed by atoms with E-state index in [1.807, 2.05) is 13.0 Å². The second kappa shape index (κ2) is 7.44. The van der Waals surface area contributed by atoms with E-state index >= 15 is 0 Å². The number of rotatable bonds is 6. The topological polar surface area (TPSA) is 71.4 Å². The quantitative estimate of drug-likeness (QED) is 0.640. The van der Waals surface area contributed by atoms with Gasteiger partial charge in [-0.25, -0.2) is 0 Å². The van der Waals surface area contributed by atoms with Crippen LogP contribution >= 0.6 is 11.3 Å². The van der Waals surface area contributed by atoms with Crippen LogP contribution in [0.15, 0.2) is 11.0 Å². The molecule has 1 heterocycles. The number of amides is 1. The van der Waals surface area contributed by atoms with Crippen LogP contribution in [0.25, 0.3) is 6.08 Å². The number of hydrogen-bond donors (Lipinski definition) is 1. The van der Waals surface area contributed by atoms with E-state index in [2.05, 4.69) is 5.32 Å². The molecule has 5 nitrogen and oxygen atoms in total. The van der Waals surface area contributed by atoms with Gasteiger partial charge in [0, 0.05) is 11.9 Å². The third-order valence-electron chi connectivity index (χ3n) is 2.34. The van der Waals surface area contributed by atoms with Crippen LogP contribution in [-0.2, 0) is 4.79 Å². The maximum absolute atomic E-state index is 11.7. The molecule has 1 amide bonds. The van der Waals surface area contributed by atoms with Gasteiger partial charge in [0.25, 0.3) is 5.91 Å². The first-order chi connectivity index (χ1) is 9.17. The molecule has 19 heavy (non-hydrogen) atoms. The van der Waals surface area contributed by atoms with Gasteiger partial charge in [0.15, 0.2) is 11.5 Å². The fraction of sp³-hybridized carbons (Fsp3) is 0.385. The Balaban J connectivity index is 3.01. The van der Waals surface area contributed by atoms with Crippen molar-refractivity contribution in [2.75, 3.05) is 20.8 Å². The van der Waals surface area contributed by atoms with E-state index in [1.54, 1.807) is 5.38 Å². The predicted molar refractivity (Wildman–Crippen MR) is 74.3 cm³/mol. The molecule has 1 rings (SSSR count). The van der Waals surface area contributed by atoms with Gasteiger partial charge in [-0.15, -0.1) is 11.3 Å². The Hall–Kier alpha value is -2.00. The van der Waals surface area contributed by atoms with Crippen molar-refractivity contribution in [3.8, 4) is 17.6 Å². The molecule has 0 bridgehead atoms. The summed E-state index contributed by atoms with van der Waals surface area (Å²) >= 11 is 1.35. The Morgan fingerprint density at radius 1 is 1.53 bits per heavy atom. The number of nitrogens with one attached hydrogen (secondary N) is 1. The molecule has 0 atom stereocenters. The molecule has 1 aromatic rings. The van der Waals surface area contributed by atoms with Gasteiger partial charge in [-0.2, -0.15) is 5.26 Å². The lowest BCUT2D eigenvalue weighted by atomic mass is 10.2. The number of methoxy groups -OCH3 is 2.